The molecule has 0 unspecified atom stereocenters. The van der Waals surface area contributed by atoms with E-state index in [-0.39, 0.29) is 0 Å². The van der Waals surface area contributed by atoms with Crippen LogP contribution in [0.4, 0.5) is 0 Å². The molecule has 0 aliphatic rings. The number of aliphatic imine (C=N–C) groups is 1. The summed E-state index contributed by atoms with van der Waals surface area (Å²) in [5, 5.41) is 0. The Hall–Kier alpha value is -1.63. The molecule has 1 rings (SSSR count). The van der Waals surface area contributed by atoms with Crippen LogP contribution >= 0.6 is 0 Å². The van der Waals surface area contributed by atoms with Gasteiger partial charge in [0.25, 0.3) is 0 Å². The molecule has 0 fully saturated rings. The topological polar surface area (TPSA) is 12.4 Å². The third kappa shape index (κ3) is 3.70. The van der Waals surface area contributed by atoms with Crippen molar-refractivity contribution in [2.75, 3.05) is 7.05 Å². The number of rotatable bonds is 4. The van der Waals surface area contributed by atoms with Crippen molar-refractivity contribution < 1.29 is 0 Å². The van der Waals surface area contributed by atoms with Crippen LogP contribution in [-0.4, -0.2) is 12.8 Å². The Kier molecular flexibility index (Phi) is 5.41. The van der Waals surface area contributed by atoms with Gasteiger partial charge in [-0.25, -0.2) is 0 Å². The molecular formula is C16H21N. The Balaban J connectivity index is 3.10. The summed E-state index contributed by atoms with van der Waals surface area (Å²) >= 11 is 0. The molecule has 0 saturated heterocycles. The second-order valence-electron chi connectivity index (χ2n) is 3.97. The van der Waals surface area contributed by atoms with E-state index in [4.69, 9.17) is 0 Å². The molecule has 0 spiro atoms. The van der Waals surface area contributed by atoms with E-state index < -0.39 is 0 Å². The Morgan fingerprint density at radius 2 is 1.88 bits per heavy atom. The van der Waals surface area contributed by atoms with Crippen molar-refractivity contribution in [2.45, 2.75) is 27.2 Å². The van der Waals surface area contributed by atoms with Crippen LogP contribution in [0.15, 0.2) is 58.6 Å². The summed E-state index contributed by atoms with van der Waals surface area (Å²) in [6, 6.07) is 10.3. The second kappa shape index (κ2) is 6.85. The van der Waals surface area contributed by atoms with Gasteiger partial charge in [-0.1, -0.05) is 48.9 Å². The predicted octanol–water partition coefficient (Wildman–Crippen LogP) is 4.41. The predicted molar refractivity (Wildman–Crippen MR) is 76.7 cm³/mol. The molecule has 90 valence electrons. The minimum Gasteiger partial charge on any atom is -0.288 e. The van der Waals surface area contributed by atoms with Gasteiger partial charge in [0.1, 0.15) is 0 Å². The Labute approximate surface area is 105 Å². The molecule has 1 nitrogen and oxygen atoms in total. The highest BCUT2D eigenvalue weighted by Crippen LogP contribution is 2.15. The highest BCUT2D eigenvalue weighted by Gasteiger charge is 2.02. The highest BCUT2D eigenvalue weighted by atomic mass is 14.7. The molecule has 0 aromatic heterocycles. The maximum Gasteiger partial charge on any atom is 0.0645 e. The number of allylic oxidation sites excluding steroid dienone is 4. The molecule has 1 heteroatoms. The first-order valence-electron chi connectivity index (χ1n) is 6.09. The molecule has 0 bridgehead atoms. The fourth-order valence-corrected chi connectivity index (χ4v) is 1.73. The number of nitrogens with zero attached hydrogens (tertiary/aromatic N) is 1. The van der Waals surface area contributed by atoms with E-state index >= 15 is 0 Å². The minimum atomic E-state index is 1.03. The second-order valence-corrected chi connectivity index (χ2v) is 3.97. The van der Waals surface area contributed by atoms with E-state index in [1.807, 2.05) is 25.2 Å². The van der Waals surface area contributed by atoms with Crippen LogP contribution < -0.4 is 0 Å². The fourth-order valence-electron chi connectivity index (χ4n) is 1.73. The largest absolute Gasteiger partial charge is 0.288 e. The first-order valence-corrected chi connectivity index (χ1v) is 6.09. The zero-order chi connectivity index (χ0) is 12.7. The van der Waals surface area contributed by atoms with E-state index in [1.165, 1.54) is 16.7 Å². The standard InChI is InChI=1S/C16H21N/c1-5-13(3)14(6-2)12-16(17-4)15-10-8-7-9-11-15/h5,7-12H,6H2,1-4H3/b13-5-,14-12-,17-16-. The number of benzene rings is 1. The van der Waals surface area contributed by atoms with Crippen molar-refractivity contribution in [3.63, 3.8) is 0 Å². The van der Waals surface area contributed by atoms with Gasteiger partial charge in [0.05, 0.1) is 5.71 Å². The molecule has 1 aromatic carbocycles. The molecule has 0 radical (unpaired) electrons. The number of hydrogen-bond donors (Lipinski definition) is 0. The molecule has 0 amide bonds. The number of hydrogen-bond acceptors (Lipinski definition) is 1. The van der Waals surface area contributed by atoms with Crippen molar-refractivity contribution in [1.82, 2.24) is 0 Å². The Bertz CT molecular complexity index is 436. The molecule has 0 atom stereocenters. The monoisotopic (exact) mass is 227 g/mol. The van der Waals surface area contributed by atoms with Crippen LogP contribution in [0.25, 0.3) is 0 Å². The van der Waals surface area contributed by atoms with Gasteiger partial charge in [0, 0.05) is 7.05 Å². The van der Waals surface area contributed by atoms with Gasteiger partial charge in [-0.2, -0.15) is 0 Å². The zero-order valence-corrected chi connectivity index (χ0v) is 11.2. The van der Waals surface area contributed by atoms with Gasteiger partial charge in [-0.15, -0.1) is 0 Å². The average Bonchev–Trinajstić information content (AvgIpc) is 2.40. The van der Waals surface area contributed by atoms with Crippen LogP contribution in [-0.2, 0) is 0 Å². The lowest BCUT2D eigenvalue weighted by molar-refractivity contribution is 1.10. The van der Waals surface area contributed by atoms with Gasteiger partial charge in [-0.05, 0) is 37.5 Å². The molecular weight excluding hydrogens is 206 g/mol. The Morgan fingerprint density at radius 3 is 2.35 bits per heavy atom. The van der Waals surface area contributed by atoms with Gasteiger partial charge in [-0.3, -0.25) is 4.99 Å². The maximum atomic E-state index is 4.38. The van der Waals surface area contributed by atoms with E-state index in [0.717, 1.165) is 12.1 Å². The molecule has 0 heterocycles. The van der Waals surface area contributed by atoms with Gasteiger partial charge in [0.2, 0.25) is 0 Å². The summed E-state index contributed by atoms with van der Waals surface area (Å²) in [4.78, 5) is 4.38. The van der Waals surface area contributed by atoms with Gasteiger partial charge in [0.15, 0.2) is 0 Å². The summed E-state index contributed by atoms with van der Waals surface area (Å²) in [6.45, 7) is 6.40. The van der Waals surface area contributed by atoms with Crippen LogP contribution in [0, 0.1) is 0 Å². The summed E-state index contributed by atoms with van der Waals surface area (Å²) in [7, 11) is 1.84. The highest BCUT2D eigenvalue weighted by molar-refractivity contribution is 6.09. The lowest BCUT2D eigenvalue weighted by Crippen LogP contribution is -1.99. The lowest BCUT2D eigenvalue weighted by Gasteiger charge is -2.07. The van der Waals surface area contributed by atoms with Crippen LogP contribution in [0.3, 0.4) is 0 Å². The molecule has 0 aliphatic carbocycles. The summed E-state index contributed by atoms with van der Waals surface area (Å²) in [6.07, 6.45) is 5.36. The average molecular weight is 227 g/mol. The van der Waals surface area contributed by atoms with Gasteiger partial charge >= 0.3 is 0 Å². The van der Waals surface area contributed by atoms with Crippen molar-refractivity contribution >= 4 is 5.71 Å². The van der Waals surface area contributed by atoms with E-state index in [9.17, 15) is 0 Å². The first kappa shape index (κ1) is 13.4. The van der Waals surface area contributed by atoms with Crippen molar-refractivity contribution in [3.8, 4) is 0 Å². The summed E-state index contributed by atoms with van der Waals surface area (Å²) in [5.41, 5.74) is 4.88. The first-order chi connectivity index (χ1) is 8.22. The summed E-state index contributed by atoms with van der Waals surface area (Å²) < 4.78 is 0. The van der Waals surface area contributed by atoms with Crippen molar-refractivity contribution in [2.24, 2.45) is 4.99 Å². The zero-order valence-electron chi connectivity index (χ0n) is 11.2. The van der Waals surface area contributed by atoms with Crippen LogP contribution in [0.1, 0.15) is 32.8 Å². The lowest BCUT2D eigenvalue weighted by atomic mass is 10.0. The molecule has 1 aromatic rings. The van der Waals surface area contributed by atoms with Gasteiger partial charge < -0.3 is 0 Å². The molecule has 0 aliphatic heterocycles. The van der Waals surface area contributed by atoms with E-state index in [2.05, 4.69) is 50.0 Å². The third-order valence-corrected chi connectivity index (χ3v) is 2.94. The summed E-state index contributed by atoms with van der Waals surface area (Å²) in [5.74, 6) is 0. The Morgan fingerprint density at radius 1 is 1.24 bits per heavy atom. The third-order valence-electron chi connectivity index (χ3n) is 2.94. The molecule has 0 N–H and O–H groups in total. The molecule has 0 saturated carbocycles. The quantitative estimate of drug-likeness (QED) is 0.533. The smallest absolute Gasteiger partial charge is 0.0645 e. The SMILES string of the molecule is C\C=C(C)/C(=C\C(=N\C)c1ccccc1)CC. The molecule has 17 heavy (non-hydrogen) atoms. The fraction of sp³-hybridized carbons (Fsp3) is 0.312. The van der Waals surface area contributed by atoms with Crippen LogP contribution in [0.5, 0.6) is 0 Å². The van der Waals surface area contributed by atoms with Crippen LogP contribution in [0.2, 0.25) is 0 Å². The normalized spacial score (nSPS) is 14.0. The van der Waals surface area contributed by atoms with E-state index in [1.54, 1.807) is 0 Å². The van der Waals surface area contributed by atoms with E-state index in [0.29, 0.717) is 0 Å². The minimum absolute atomic E-state index is 1.03. The van der Waals surface area contributed by atoms with Crippen molar-refractivity contribution in [3.05, 3.63) is 59.2 Å². The maximum absolute atomic E-state index is 4.38. The van der Waals surface area contributed by atoms with Crippen molar-refractivity contribution in [1.29, 1.82) is 0 Å².